The summed E-state index contributed by atoms with van der Waals surface area (Å²) in [6.45, 7) is 6.37. The molecule has 84 valence electrons. The number of carbonyl (C=O) groups is 2. The highest BCUT2D eigenvalue weighted by atomic mass is 16.6. The maximum absolute atomic E-state index is 10.8. The summed E-state index contributed by atoms with van der Waals surface area (Å²) in [5.74, 6) is -0.861. The smallest absolute Gasteiger partial charge is 0.303 e. The summed E-state index contributed by atoms with van der Waals surface area (Å²) in [4.78, 5) is 21.6. The molecule has 0 spiro atoms. The minimum Gasteiger partial charge on any atom is -0.456 e. The maximum Gasteiger partial charge on any atom is 0.303 e. The van der Waals surface area contributed by atoms with Crippen molar-refractivity contribution in [3.05, 3.63) is 12.7 Å². The van der Waals surface area contributed by atoms with E-state index in [2.05, 4.69) is 6.58 Å². The zero-order valence-corrected chi connectivity index (χ0v) is 8.76. The second-order valence-electron chi connectivity index (χ2n) is 3.26. The SMILES string of the molecule is C=CC1OCC(OC(C)=O)C1OC(C)=O. The van der Waals surface area contributed by atoms with Crippen molar-refractivity contribution in [3.8, 4) is 0 Å². The molecule has 3 atom stereocenters. The van der Waals surface area contributed by atoms with Crippen LogP contribution in [0.15, 0.2) is 12.7 Å². The highest BCUT2D eigenvalue weighted by Crippen LogP contribution is 2.21. The van der Waals surface area contributed by atoms with Crippen LogP contribution in [0.2, 0.25) is 0 Å². The normalized spacial score (nSPS) is 29.6. The molecule has 0 amide bonds. The van der Waals surface area contributed by atoms with Gasteiger partial charge in [-0.1, -0.05) is 6.08 Å². The van der Waals surface area contributed by atoms with E-state index in [-0.39, 0.29) is 6.61 Å². The standard InChI is InChI=1S/C10H14O5/c1-4-8-10(15-7(3)12)9(5-13-8)14-6(2)11/h4,8-10H,1,5H2,2-3H3. The number of rotatable bonds is 3. The van der Waals surface area contributed by atoms with E-state index in [1.165, 1.54) is 19.9 Å². The Morgan fingerprint density at radius 1 is 1.33 bits per heavy atom. The Morgan fingerprint density at radius 3 is 2.40 bits per heavy atom. The number of carbonyl (C=O) groups excluding carboxylic acids is 2. The van der Waals surface area contributed by atoms with Crippen LogP contribution in [-0.4, -0.2) is 36.9 Å². The van der Waals surface area contributed by atoms with Crippen molar-refractivity contribution in [3.63, 3.8) is 0 Å². The Hall–Kier alpha value is -1.36. The third kappa shape index (κ3) is 3.06. The fraction of sp³-hybridized carbons (Fsp3) is 0.600. The van der Waals surface area contributed by atoms with Gasteiger partial charge in [0.15, 0.2) is 12.2 Å². The fourth-order valence-electron chi connectivity index (χ4n) is 1.46. The zero-order chi connectivity index (χ0) is 11.4. The first-order valence-corrected chi connectivity index (χ1v) is 4.63. The van der Waals surface area contributed by atoms with E-state index >= 15 is 0 Å². The van der Waals surface area contributed by atoms with Gasteiger partial charge in [0, 0.05) is 13.8 Å². The largest absolute Gasteiger partial charge is 0.456 e. The van der Waals surface area contributed by atoms with Crippen LogP contribution in [0.5, 0.6) is 0 Å². The number of ether oxygens (including phenoxy) is 3. The van der Waals surface area contributed by atoms with E-state index < -0.39 is 30.3 Å². The molecule has 0 radical (unpaired) electrons. The van der Waals surface area contributed by atoms with Gasteiger partial charge in [-0.3, -0.25) is 9.59 Å². The second-order valence-corrected chi connectivity index (χ2v) is 3.26. The third-order valence-electron chi connectivity index (χ3n) is 1.99. The second kappa shape index (κ2) is 4.93. The average Bonchev–Trinajstić information content (AvgIpc) is 2.47. The van der Waals surface area contributed by atoms with Crippen LogP contribution >= 0.6 is 0 Å². The Bertz CT molecular complexity index is 273. The van der Waals surface area contributed by atoms with Crippen molar-refractivity contribution >= 4 is 11.9 Å². The van der Waals surface area contributed by atoms with Crippen LogP contribution in [0.25, 0.3) is 0 Å². The molecule has 1 saturated heterocycles. The molecular weight excluding hydrogens is 200 g/mol. The lowest BCUT2D eigenvalue weighted by molar-refractivity contribution is -0.161. The van der Waals surface area contributed by atoms with Gasteiger partial charge in [-0.15, -0.1) is 6.58 Å². The van der Waals surface area contributed by atoms with Crippen LogP contribution < -0.4 is 0 Å². The van der Waals surface area contributed by atoms with Crippen LogP contribution in [0.1, 0.15) is 13.8 Å². The van der Waals surface area contributed by atoms with Gasteiger partial charge in [0.1, 0.15) is 6.10 Å². The van der Waals surface area contributed by atoms with Gasteiger partial charge >= 0.3 is 11.9 Å². The molecule has 1 rings (SSSR count). The minimum atomic E-state index is -0.594. The van der Waals surface area contributed by atoms with Crippen LogP contribution in [0.4, 0.5) is 0 Å². The van der Waals surface area contributed by atoms with Crippen molar-refractivity contribution in [1.82, 2.24) is 0 Å². The fourth-order valence-corrected chi connectivity index (χ4v) is 1.46. The lowest BCUT2D eigenvalue weighted by Crippen LogP contribution is -2.36. The molecule has 3 unspecified atom stereocenters. The maximum atomic E-state index is 10.8. The minimum absolute atomic E-state index is 0.216. The van der Waals surface area contributed by atoms with Gasteiger partial charge in [0.25, 0.3) is 0 Å². The lowest BCUT2D eigenvalue weighted by Gasteiger charge is -2.20. The molecule has 5 heteroatoms. The van der Waals surface area contributed by atoms with Gasteiger partial charge in [-0.05, 0) is 0 Å². The molecule has 0 saturated carbocycles. The van der Waals surface area contributed by atoms with Crippen molar-refractivity contribution < 1.29 is 23.8 Å². The summed E-state index contributed by atoms with van der Waals surface area (Å²) in [5, 5.41) is 0. The molecular formula is C10H14O5. The molecule has 1 aliphatic heterocycles. The third-order valence-corrected chi connectivity index (χ3v) is 1.99. The van der Waals surface area contributed by atoms with E-state index in [4.69, 9.17) is 14.2 Å². The summed E-state index contributed by atoms with van der Waals surface area (Å²) in [6.07, 6.45) is -0.0338. The van der Waals surface area contributed by atoms with E-state index in [1.807, 2.05) is 0 Å². The van der Waals surface area contributed by atoms with Gasteiger partial charge in [0.05, 0.1) is 6.61 Å². The highest BCUT2D eigenvalue weighted by Gasteiger charge is 2.40. The van der Waals surface area contributed by atoms with E-state index in [9.17, 15) is 9.59 Å². The molecule has 1 heterocycles. The zero-order valence-electron chi connectivity index (χ0n) is 8.76. The summed E-state index contributed by atoms with van der Waals surface area (Å²) in [5.41, 5.74) is 0. The molecule has 0 aliphatic carbocycles. The Balaban J connectivity index is 2.66. The number of hydrogen-bond donors (Lipinski definition) is 0. The summed E-state index contributed by atoms with van der Waals surface area (Å²) < 4.78 is 15.2. The lowest BCUT2D eigenvalue weighted by atomic mass is 10.1. The summed E-state index contributed by atoms with van der Waals surface area (Å²) in [7, 11) is 0. The highest BCUT2D eigenvalue weighted by molar-refractivity contribution is 5.67. The van der Waals surface area contributed by atoms with Crippen molar-refractivity contribution in [2.75, 3.05) is 6.61 Å². The Labute approximate surface area is 88.0 Å². The topological polar surface area (TPSA) is 61.8 Å². The van der Waals surface area contributed by atoms with Gasteiger partial charge in [-0.25, -0.2) is 0 Å². The predicted octanol–water partition coefficient (Wildman–Crippen LogP) is 0.435. The molecule has 0 aromatic heterocycles. The van der Waals surface area contributed by atoms with Gasteiger partial charge < -0.3 is 14.2 Å². The van der Waals surface area contributed by atoms with E-state index in [0.717, 1.165) is 0 Å². The van der Waals surface area contributed by atoms with Crippen LogP contribution in [-0.2, 0) is 23.8 Å². The monoisotopic (exact) mass is 214 g/mol. The number of esters is 2. The first kappa shape index (κ1) is 11.7. The molecule has 5 nitrogen and oxygen atoms in total. The van der Waals surface area contributed by atoms with Crippen LogP contribution in [0.3, 0.4) is 0 Å². The van der Waals surface area contributed by atoms with Crippen molar-refractivity contribution in [1.29, 1.82) is 0 Å². The molecule has 15 heavy (non-hydrogen) atoms. The molecule has 0 aromatic carbocycles. The Morgan fingerprint density at radius 2 is 1.93 bits per heavy atom. The van der Waals surface area contributed by atoms with Gasteiger partial charge in [-0.2, -0.15) is 0 Å². The summed E-state index contributed by atoms with van der Waals surface area (Å²) >= 11 is 0. The molecule has 0 N–H and O–H groups in total. The quantitative estimate of drug-likeness (QED) is 0.503. The van der Waals surface area contributed by atoms with Crippen molar-refractivity contribution in [2.45, 2.75) is 32.2 Å². The van der Waals surface area contributed by atoms with Gasteiger partial charge in [0.2, 0.25) is 0 Å². The van der Waals surface area contributed by atoms with Crippen molar-refractivity contribution in [2.24, 2.45) is 0 Å². The molecule has 1 fully saturated rings. The predicted molar refractivity (Wildman–Crippen MR) is 51.0 cm³/mol. The molecule has 0 aromatic rings. The summed E-state index contributed by atoms with van der Waals surface area (Å²) in [6, 6.07) is 0. The first-order chi connectivity index (χ1) is 7.04. The van der Waals surface area contributed by atoms with Crippen LogP contribution in [0, 0.1) is 0 Å². The number of hydrogen-bond acceptors (Lipinski definition) is 5. The Kier molecular flexibility index (Phi) is 3.85. The molecule has 0 bridgehead atoms. The first-order valence-electron chi connectivity index (χ1n) is 4.63. The van der Waals surface area contributed by atoms with E-state index in [0.29, 0.717) is 0 Å². The molecule has 1 aliphatic rings. The van der Waals surface area contributed by atoms with E-state index in [1.54, 1.807) is 0 Å². The average molecular weight is 214 g/mol.